The fourth-order valence-corrected chi connectivity index (χ4v) is 10.6. The number of fused-ring (bicyclic) bond motifs is 2. The Hall–Kier alpha value is -4.92. The molecular weight excluding hydrogens is 710 g/mol. The quantitative estimate of drug-likeness (QED) is 0.0625. The molecule has 3 heterocycles. The molecule has 1 aromatic heterocycles. The van der Waals surface area contributed by atoms with E-state index in [0.717, 1.165) is 5.56 Å². The van der Waals surface area contributed by atoms with Gasteiger partial charge in [-0.2, -0.15) is 0 Å². The molecule has 0 aliphatic carbocycles. The summed E-state index contributed by atoms with van der Waals surface area (Å²) in [6.45, 7) is 5.73. The van der Waals surface area contributed by atoms with Gasteiger partial charge in [0.1, 0.15) is 5.75 Å². The van der Waals surface area contributed by atoms with Gasteiger partial charge in [0.15, 0.2) is 5.60 Å². The maximum Gasteiger partial charge on any atom is 0.305 e. The van der Waals surface area contributed by atoms with E-state index in [4.69, 9.17) is 14.2 Å². The molecule has 3 aromatic carbocycles. The van der Waals surface area contributed by atoms with Crippen molar-refractivity contribution < 1.29 is 37.8 Å². The van der Waals surface area contributed by atoms with Crippen molar-refractivity contribution in [3.63, 3.8) is 0 Å². The standard InChI is InChI=1S/C40H48FN5O7Si/c1-26-37(54(4,5)41)35(20-22-45-24-33(43-44-45)31(25-47)27-11-7-6-8-12-27)53-40(26)32-23-29(42-38(49)28-14-17-30(51-2)18-15-28)16-19-34(32)46(39(40)50)21-10-9-13-36(48)52-3/h6-8,11-12,14-19,23-24,26,31,35,37,47H,9-10,13,20-22,25H2,1-5H3,(H,42,49)/t26-,31?,35+,37-,40+/m1/s1. The number of anilines is 2. The molecule has 2 amide bonds. The molecule has 1 unspecified atom stereocenters. The Morgan fingerprint density at radius 1 is 1.06 bits per heavy atom. The van der Waals surface area contributed by atoms with Gasteiger partial charge in [-0.05, 0) is 80.4 Å². The molecule has 54 heavy (non-hydrogen) atoms. The Labute approximate surface area is 315 Å². The number of esters is 1. The van der Waals surface area contributed by atoms with Crippen LogP contribution in [-0.4, -0.2) is 79.8 Å². The summed E-state index contributed by atoms with van der Waals surface area (Å²) in [5, 5.41) is 21.8. The Kier molecular flexibility index (Phi) is 11.6. The minimum atomic E-state index is -3.46. The maximum atomic E-state index is 16.5. The number of halogens is 1. The SMILES string of the molecule is COC(=O)CCCCN1C(=O)[C@@]2(O[C@@H](CCn3cc(C(CO)c4ccccc4)nn3)[C@H]([Si](C)(C)F)[C@H]2C)c2cc(NC(=O)c3ccc(OC)cc3)ccc21. The second kappa shape index (κ2) is 16.2. The lowest BCUT2D eigenvalue weighted by Gasteiger charge is -2.31. The van der Waals surface area contributed by atoms with Crippen LogP contribution < -0.4 is 15.0 Å². The molecule has 286 valence electrons. The highest BCUT2D eigenvalue weighted by Gasteiger charge is 2.66. The normalized spacial score (nSPS) is 21.3. The molecule has 12 nitrogen and oxygen atoms in total. The first-order valence-corrected chi connectivity index (χ1v) is 21.3. The van der Waals surface area contributed by atoms with Crippen LogP contribution in [0.15, 0.2) is 79.0 Å². The van der Waals surface area contributed by atoms with Crippen molar-refractivity contribution in [2.45, 2.75) is 75.4 Å². The molecule has 0 saturated carbocycles. The summed E-state index contributed by atoms with van der Waals surface area (Å²) in [6.07, 6.45) is 2.80. The Balaban J connectivity index is 1.30. The van der Waals surface area contributed by atoms with Crippen molar-refractivity contribution >= 4 is 37.6 Å². The van der Waals surface area contributed by atoms with Crippen molar-refractivity contribution in [2.75, 3.05) is 37.6 Å². The monoisotopic (exact) mass is 757 g/mol. The molecule has 6 rings (SSSR count). The number of aliphatic hydroxyl groups excluding tert-OH is 1. The first kappa shape index (κ1) is 38.8. The molecule has 0 radical (unpaired) electrons. The van der Waals surface area contributed by atoms with E-state index in [0.29, 0.717) is 66.3 Å². The van der Waals surface area contributed by atoms with E-state index in [1.165, 1.54) is 7.11 Å². The van der Waals surface area contributed by atoms with Gasteiger partial charge < -0.3 is 33.6 Å². The number of amides is 2. The average Bonchev–Trinajstić information content (AvgIpc) is 3.82. The molecule has 0 bridgehead atoms. The molecule has 1 fully saturated rings. The predicted molar refractivity (Wildman–Crippen MR) is 204 cm³/mol. The van der Waals surface area contributed by atoms with E-state index in [9.17, 15) is 19.5 Å². The lowest BCUT2D eigenvalue weighted by atomic mass is 9.82. The van der Waals surface area contributed by atoms with Crippen LogP contribution in [0.2, 0.25) is 18.6 Å². The molecular formula is C40H48FN5O7Si. The zero-order chi connectivity index (χ0) is 38.6. The van der Waals surface area contributed by atoms with Gasteiger partial charge in [-0.15, -0.1) is 5.10 Å². The second-order valence-corrected chi connectivity index (χ2v) is 18.3. The first-order valence-electron chi connectivity index (χ1n) is 18.3. The van der Waals surface area contributed by atoms with Gasteiger partial charge in [0.2, 0.25) is 8.41 Å². The molecule has 2 aliphatic heterocycles. The lowest BCUT2D eigenvalue weighted by molar-refractivity contribution is -0.146. The number of hydrogen-bond acceptors (Lipinski definition) is 9. The Morgan fingerprint density at radius 2 is 1.80 bits per heavy atom. The van der Waals surface area contributed by atoms with Crippen LogP contribution >= 0.6 is 0 Å². The van der Waals surface area contributed by atoms with Gasteiger partial charge in [0, 0.05) is 54.0 Å². The topological polar surface area (TPSA) is 145 Å². The zero-order valence-corrected chi connectivity index (χ0v) is 32.3. The number of nitrogens with zero attached hydrogens (tertiary/aromatic N) is 4. The highest BCUT2D eigenvalue weighted by Crippen LogP contribution is 2.60. The maximum absolute atomic E-state index is 16.5. The number of aromatic nitrogens is 3. The van der Waals surface area contributed by atoms with Crippen LogP contribution in [0.25, 0.3) is 0 Å². The summed E-state index contributed by atoms with van der Waals surface area (Å²) >= 11 is 0. The number of hydrogen-bond donors (Lipinski definition) is 2. The summed E-state index contributed by atoms with van der Waals surface area (Å²) in [7, 11) is -0.565. The Bertz CT molecular complexity index is 1950. The summed E-state index contributed by atoms with van der Waals surface area (Å²) in [4.78, 5) is 41.6. The molecule has 2 aliphatic rings. The predicted octanol–water partition coefficient (Wildman–Crippen LogP) is 6.22. The molecule has 2 N–H and O–H groups in total. The van der Waals surface area contributed by atoms with Gasteiger partial charge in [0.25, 0.3) is 11.8 Å². The van der Waals surface area contributed by atoms with E-state index in [1.54, 1.807) is 78.4 Å². The summed E-state index contributed by atoms with van der Waals surface area (Å²) in [6, 6.07) is 21.6. The third-order valence-electron chi connectivity index (χ3n) is 10.8. The number of carbonyl (C=O) groups is 3. The van der Waals surface area contributed by atoms with Crippen LogP contribution in [-0.2, 0) is 31.2 Å². The zero-order valence-electron chi connectivity index (χ0n) is 31.3. The van der Waals surface area contributed by atoms with Crippen LogP contribution in [0.4, 0.5) is 15.5 Å². The van der Waals surface area contributed by atoms with Crippen LogP contribution in [0, 0.1) is 5.92 Å². The highest BCUT2D eigenvalue weighted by molar-refractivity contribution is 6.72. The van der Waals surface area contributed by atoms with Gasteiger partial charge in [-0.1, -0.05) is 42.5 Å². The number of benzene rings is 3. The number of aliphatic hydroxyl groups is 1. The number of carbonyl (C=O) groups excluding carboxylic acids is 3. The van der Waals surface area contributed by atoms with Crippen molar-refractivity contribution in [3.8, 4) is 5.75 Å². The van der Waals surface area contributed by atoms with Gasteiger partial charge in [-0.3, -0.25) is 19.1 Å². The molecule has 1 spiro atoms. The number of rotatable bonds is 15. The van der Waals surface area contributed by atoms with Crippen molar-refractivity contribution in [1.82, 2.24) is 15.0 Å². The first-order chi connectivity index (χ1) is 25.9. The molecule has 5 atom stereocenters. The summed E-state index contributed by atoms with van der Waals surface area (Å²) < 4.78 is 35.1. The van der Waals surface area contributed by atoms with Crippen LogP contribution in [0.3, 0.4) is 0 Å². The van der Waals surface area contributed by atoms with Gasteiger partial charge in [-0.25, -0.2) is 0 Å². The summed E-state index contributed by atoms with van der Waals surface area (Å²) in [5.41, 5.74) is 1.56. The summed E-state index contributed by atoms with van der Waals surface area (Å²) in [5.74, 6) is -1.22. The third-order valence-corrected chi connectivity index (χ3v) is 13.2. The van der Waals surface area contributed by atoms with Crippen molar-refractivity contribution in [3.05, 3.63) is 101 Å². The van der Waals surface area contributed by atoms with Gasteiger partial charge >= 0.3 is 5.97 Å². The van der Waals surface area contributed by atoms with E-state index >= 15 is 4.11 Å². The van der Waals surface area contributed by atoms with E-state index in [1.807, 2.05) is 37.3 Å². The van der Waals surface area contributed by atoms with E-state index in [-0.39, 0.29) is 36.7 Å². The van der Waals surface area contributed by atoms with Crippen LogP contribution in [0.1, 0.15) is 65.7 Å². The van der Waals surface area contributed by atoms with Gasteiger partial charge in [0.05, 0.1) is 44.2 Å². The van der Waals surface area contributed by atoms with Crippen molar-refractivity contribution in [1.29, 1.82) is 0 Å². The average molecular weight is 758 g/mol. The molecule has 4 aromatic rings. The molecule has 14 heteroatoms. The fourth-order valence-electron chi connectivity index (χ4n) is 8.10. The van der Waals surface area contributed by atoms with E-state index in [2.05, 4.69) is 15.6 Å². The van der Waals surface area contributed by atoms with Crippen molar-refractivity contribution in [2.24, 2.45) is 5.92 Å². The number of ether oxygens (including phenoxy) is 3. The number of unbranched alkanes of at least 4 members (excludes halogenated alkanes) is 1. The smallest absolute Gasteiger partial charge is 0.305 e. The third kappa shape index (κ3) is 7.68. The number of methoxy groups -OCH3 is 2. The Morgan fingerprint density at radius 3 is 2.46 bits per heavy atom. The molecule has 1 saturated heterocycles. The van der Waals surface area contributed by atoms with Crippen LogP contribution in [0.5, 0.6) is 5.75 Å². The highest BCUT2D eigenvalue weighted by atomic mass is 28.4. The largest absolute Gasteiger partial charge is 0.497 e. The lowest BCUT2D eigenvalue weighted by Crippen LogP contribution is -2.45. The fraction of sp³-hybridized carbons (Fsp3) is 0.425. The minimum absolute atomic E-state index is 0.137. The number of aryl methyl sites for hydroxylation is 1. The van der Waals surface area contributed by atoms with E-state index < -0.39 is 31.6 Å². The number of nitrogens with one attached hydrogen (secondary N) is 1. The second-order valence-electron chi connectivity index (χ2n) is 14.5. The minimum Gasteiger partial charge on any atom is -0.497 e.